The number of hydrogen-bond donors (Lipinski definition) is 1. The fraction of sp³-hybridized carbons (Fsp3) is 0.417. The third-order valence-electron chi connectivity index (χ3n) is 5.07. The van der Waals surface area contributed by atoms with E-state index in [1.54, 1.807) is 24.3 Å². The van der Waals surface area contributed by atoms with Crippen molar-refractivity contribution in [2.24, 2.45) is 0 Å². The molecule has 0 bridgehead atoms. The molecule has 1 saturated carbocycles. The van der Waals surface area contributed by atoms with Gasteiger partial charge in [-0.15, -0.1) is 0 Å². The quantitative estimate of drug-likeness (QED) is 0.488. The normalized spacial score (nSPS) is 14.2. The molecule has 0 saturated heterocycles. The Balaban J connectivity index is 1.37. The highest BCUT2D eigenvalue weighted by molar-refractivity contribution is 5.93. The lowest BCUT2D eigenvalue weighted by molar-refractivity contribution is -0.116. The molecule has 2 aromatic carbocycles. The molecule has 29 heavy (non-hydrogen) atoms. The van der Waals surface area contributed by atoms with Gasteiger partial charge in [0.05, 0.1) is 12.2 Å². The van der Waals surface area contributed by atoms with Crippen LogP contribution in [-0.2, 0) is 9.53 Å². The van der Waals surface area contributed by atoms with E-state index in [0.29, 0.717) is 30.7 Å². The van der Waals surface area contributed by atoms with Crippen molar-refractivity contribution in [2.75, 3.05) is 11.9 Å². The molecule has 0 heterocycles. The highest BCUT2D eigenvalue weighted by Crippen LogP contribution is 2.22. The lowest BCUT2D eigenvalue weighted by atomic mass is 9.98. The summed E-state index contributed by atoms with van der Waals surface area (Å²) in [6.45, 7) is 2.52. The molecule has 5 nitrogen and oxygen atoms in total. The minimum atomic E-state index is -0.289. The Kier molecular flexibility index (Phi) is 7.68. The number of esters is 1. The Morgan fingerprint density at radius 3 is 2.34 bits per heavy atom. The fourth-order valence-electron chi connectivity index (χ4n) is 3.37. The summed E-state index contributed by atoms with van der Waals surface area (Å²) in [6, 6.07) is 14.7. The third kappa shape index (κ3) is 6.93. The Bertz CT molecular complexity index is 793. The molecule has 0 spiro atoms. The summed E-state index contributed by atoms with van der Waals surface area (Å²) in [5.74, 6) is 0.449. The minimum Gasteiger partial charge on any atom is -0.494 e. The topological polar surface area (TPSA) is 64.6 Å². The molecular weight excluding hydrogens is 366 g/mol. The Hall–Kier alpha value is -2.82. The van der Waals surface area contributed by atoms with Crippen molar-refractivity contribution < 1.29 is 19.1 Å². The van der Waals surface area contributed by atoms with Crippen molar-refractivity contribution in [1.82, 2.24) is 0 Å². The van der Waals surface area contributed by atoms with Gasteiger partial charge in [0.15, 0.2) is 0 Å². The van der Waals surface area contributed by atoms with E-state index in [0.717, 1.165) is 31.4 Å². The van der Waals surface area contributed by atoms with Crippen LogP contribution in [0.4, 0.5) is 5.69 Å². The molecule has 5 heteroatoms. The van der Waals surface area contributed by atoms with E-state index < -0.39 is 0 Å². The Morgan fingerprint density at radius 2 is 1.66 bits per heavy atom. The summed E-state index contributed by atoms with van der Waals surface area (Å²) in [4.78, 5) is 24.3. The molecule has 0 radical (unpaired) electrons. The maximum absolute atomic E-state index is 12.2. The van der Waals surface area contributed by atoms with E-state index in [4.69, 9.17) is 9.47 Å². The van der Waals surface area contributed by atoms with Crippen LogP contribution >= 0.6 is 0 Å². The number of amides is 1. The van der Waals surface area contributed by atoms with Crippen LogP contribution in [0.15, 0.2) is 48.5 Å². The molecule has 0 aromatic heterocycles. The van der Waals surface area contributed by atoms with E-state index in [1.807, 2.05) is 31.2 Å². The van der Waals surface area contributed by atoms with Gasteiger partial charge in [0, 0.05) is 12.1 Å². The number of nitrogens with one attached hydrogen (secondary N) is 1. The second-order valence-electron chi connectivity index (χ2n) is 7.56. The molecule has 1 aliphatic rings. The number of anilines is 1. The number of ether oxygens (including phenoxy) is 2. The van der Waals surface area contributed by atoms with Gasteiger partial charge in [-0.2, -0.15) is 0 Å². The number of hydrogen-bond acceptors (Lipinski definition) is 4. The number of carbonyl (C=O) groups excluding carboxylic acids is 2. The van der Waals surface area contributed by atoms with Crippen LogP contribution < -0.4 is 10.1 Å². The Labute approximate surface area is 172 Å². The lowest BCUT2D eigenvalue weighted by Gasteiger charge is -2.21. The number of aryl methyl sites for hydroxylation is 1. The molecular formula is C24H29NO4. The molecule has 1 N–H and O–H groups in total. The van der Waals surface area contributed by atoms with Gasteiger partial charge in [-0.25, -0.2) is 4.79 Å². The zero-order valence-corrected chi connectivity index (χ0v) is 17.0. The smallest absolute Gasteiger partial charge is 0.338 e. The van der Waals surface area contributed by atoms with Gasteiger partial charge < -0.3 is 14.8 Å². The predicted molar refractivity (Wildman–Crippen MR) is 113 cm³/mol. The first-order valence-corrected chi connectivity index (χ1v) is 10.4. The van der Waals surface area contributed by atoms with Crippen molar-refractivity contribution in [3.05, 3.63) is 59.7 Å². The van der Waals surface area contributed by atoms with Crippen molar-refractivity contribution in [3.8, 4) is 5.75 Å². The largest absolute Gasteiger partial charge is 0.494 e. The van der Waals surface area contributed by atoms with E-state index in [-0.39, 0.29) is 18.0 Å². The van der Waals surface area contributed by atoms with Crippen LogP contribution in [-0.4, -0.2) is 24.6 Å². The fourth-order valence-corrected chi connectivity index (χ4v) is 3.37. The maximum Gasteiger partial charge on any atom is 0.338 e. The molecule has 154 valence electrons. The zero-order valence-electron chi connectivity index (χ0n) is 17.0. The van der Waals surface area contributed by atoms with Crippen molar-refractivity contribution in [2.45, 2.75) is 58.0 Å². The van der Waals surface area contributed by atoms with Gasteiger partial charge in [-0.3, -0.25) is 4.79 Å². The molecule has 0 atom stereocenters. The maximum atomic E-state index is 12.2. The summed E-state index contributed by atoms with van der Waals surface area (Å²) >= 11 is 0. The standard InChI is InChI=1S/C24H29NO4/c1-18-9-15-21(16-10-18)28-17-5-8-23(26)25-20-13-11-19(12-14-20)24(27)29-22-6-3-2-4-7-22/h9-16,22H,2-8,17H2,1H3,(H,25,26). The van der Waals surface area contributed by atoms with Gasteiger partial charge in [0.2, 0.25) is 5.91 Å². The van der Waals surface area contributed by atoms with Crippen molar-refractivity contribution in [1.29, 1.82) is 0 Å². The first-order chi connectivity index (χ1) is 14.1. The van der Waals surface area contributed by atoms with Gasteiger partial charge in [-0.05, 0) is 75.4 Å². The van der Waals surface area contributed by atoms with Gasteiger partial charge >= 0.3 is 5.97 Å². The van der Waals surface area contributed by atoms with Crippen LogP contribution in [0, 0.1) is 6.92 Å². The number of carbonyl (C=O) groups is 2. The average molecular weight is 395 g/mol. The van der Waals surface area contributed by atoms with Crippen LogP contribution in [0.2, 0.25) is 0 Å². The predicted octanol–water partition coefficient (Wildman–Crippen LogP) is 5.28. The van der Waals surface area contributed by atoms with Gasteiger partial charge in [0.25, 0.3) is 0 Å². The van der Waals surface area contributed by atoms with Crippen LogP contribution in [0.1, 0.15) is 60.9 Å². The second kappa shape index (κ2) is 10.6. The second-order valence-corrected chi connectivity index (χ2v) is 7.56. The molecule has 1 aliphatic carbocycles. The number of benzene rings is 2. The number of rotatable bonds is 8. The highest BCUT2D eigenvalue weighted by atomic mass is 16.5. The summed E-state index contributed by atoms with van der Waals surface area (Å²) < 4.78 is 11.2. The minimum absolute atomic E-state index is 0.0396. The van der Waals surface area contributed by atoms with Crippen LogP contribution in [0.5, 0.6) is 5.75 Å². The van der Waals surface area contributed by atoms with E-state index >= 15 is 0 Å². The summed E-state index contributed by atoms with van der Waals surface area (Å²) in [6.07, 6.45) is 6.42. The van der Waals surface area contributed by atoms with Gasteiger partial charge in [-0.1, -0.05) is 24.1 Å². The SMILES string of the molecule is Cc1ccc(OCCCC(=O)Nc2ccc(C(=O)OC3CCCCC3)cc2)cc1. The van der Waals surface area contributed by atoms with Gasteiger partial charge in [0.1, 0.15) is 11.9 Å². The molecule has 1 fully saturated rings. The molecule has 1 amide bonds. The van der Waals surface area contributed by atoms with Crippen molar-refractivity contribution >= 4 is 17.6 Å². The first-order valence-electron chi connectivity index (χ1n) is 10.4. The molecule has 2 aromatic rings. The van der Waals surface area contributed by atoms with E-state index in [9.17, 15) is 9.59 Å². The third-order valence-corrected chi connectivity index (χ3v) is 5.07. The zero-order chi connectivity index (χ0) is 20.5. The average Bonchev–Trinajstić information content (AvgIpc) is 2.74. The Morgan fingerprint density at radius 1 is 0.966 bits per heavy atom. The molecule has 0 aliphatic heterocycles. The lowest BCUT2D eigenvalue weighted by Crippen LogP contribution is -2.21. The molecule has 0 unspecified atom stereocenters. The first kappa shape index (κ1) is 20.9. The van der Waals surface area contributed by atoms with Crippen LogP contribution in [0.3, 0.4) is 0 Å². The summed E-state index contributed by atoms with van der Waals surface area (Å²) in [5, 5.41) is 2.85. The van der Waals surface area contributed by atoms with E-state index in [2.05, 4.69) is 5.32 Å². The summed E-state index contributed by atoms with van der Waals surface area (Å²) in [5.41, 5.74) is 2.37. The van der Waals surface area contributed by atoms with Crippen molar-refractivity contribution in [3.63, 3.8) is 0 Å². The summed E-state index contributed by atoms with van der Waals surface area (Å²) in [7, 11) is 0. The van der Waals surface area contributed by atoms with E-state index in [1.165, 1.54) is 12.0 Å². The monoisotopic (exact) mass is 395 g/mol. The van der Waals surface area contributed by atoms with Crippen LogP contribution in [0.25, 0.3) is 0 Å². The highest BCUT2D eigenvalue weighted by Gasteiger charge is 2.18. The molecule has 3 rings (SSSR count).